The van der Waals surface area contributed by atoms with Gasteiger partial charge in [-0.3, -0.25) is 0 Å². The minimum absolute atomic E-state index is 0.0516. The molecular weight excluding hydrogens is 334 g/mol. The van der Waals surface area contributed by atoms with Gasteiger partial charge in [-0.25, -0.2) is 12.4 Å². The quantitative estimate of drug-likeness (QED) is 0.878. The smallest absolute Gasteiger partial charge is 0.248 e. The van der Waals surface area contributed by atoms with Gasteiger partial charge < -0.3 is 5.11 Å². The molecule has 4 rings (SSSR count). The monoisotopic (exact) mass is 357 g/mol. The molecule has 0 aliphatic heterocycles. The Morgan fingerprint density at radius 3 is 2.64 bits per heavy atom. The third-order valence-electron chi connectivity index (χ3n) is 5.96. The Morgan fingerprint density at radius 1 is 1.16 bits per heavy atom. The normalized spacial score (nSPS) is 23.5. The molecular formula is C20H23NO3S. The SMILES string of the molecule is CC1=C(O)C=CCC1(C)S(=O)(=O)n1cc2c3c(ccc(C)c31)CCC2. The van der Waals surface area contributed by atoms with Gasteiger partial charge in [-0.15, -0.1) is 0 Å². The second-order valence-electron chi connectivity index (χ2n) is 7.42. The maximum Gasteiger partial charge on any atom is 0.248 e. The molecule has 1 N–H and O–H groups in total. The number of nitrogens with zero attached hydrogens (tertiary/aromatic N) is 1. The van der Waals surface area contributed by atoms with Crippen molar-refractivity contribution in [2.24, 2.45) is 0 Å². The summed E-state index contributed by atoms with van der Waals surface area (Å²) in [4.78, 5) is 0. The Morgan fingerprint density at radius 2 is 1.88 bits per heavy atom. The van der Waals surface area contributed by atoms with Gasteiger partial charge in [0, 0.05) is 11.6 Å². The number of aliphatic hydroxyl groups is 1. The van der Waals surface area contributed by atoms with Crippen molar-refractivity contribution in [3.63, 3.8) is 0 Å². The van der Waals surface area contributed by atoms with Crippen LogP contribution in [0.3, 0.4) is 0 Å². The maximum atomic E-state index is 13.7. The zero-order valence-electron chi connectivity index (χ0n) is 14.8. The van der Waals surface area contributed by atoms with Crippen molar-refractivity contribution in [3.05, 3.63) is 58.5 Å². The van der Waals surface area contributed by atoms with Crippen molar-refractivity contribution in [2.75, 3.05) is 0 Å². The lowest BCUT2D eigenvalue weighted by molar-refractivity contribution is 0.409. The Labute approximate surface area is 148 Å². The highest BCUT2D eigenvalue weighted by molar-refractivity contribution is 7.91. The van der Waals surface area contributed by atoms with Crippen LogP contribution in [0.2, 0.25) is 0 Å². The van der Waals surface area contributed by atoms with E-state index < -0.39 is 14.8 Å². The number of aryl methyl sites for hydroxylation is 3. The Bertz CT molecular complexity index is 1060. The third kappa shape index (κ3) is 2.08. The van der Waals surface area contributed by atoms with Gasteiger partial charge in [0.05, 0.1) is 5.52 Å². The summed E-state index contributed by atoms with van der Waals surface area (Å²) in [7, 11) is -3.72. The fourth-order valence-electron chi connectivity index (χ4n) is 4.17. The lowest BCUT2D eigenvalue weighted by atomic mass is 9.92. The molecule has 2 aliphatic carbocycles. The molecule has 4 nitrogen and oxygen atoms in total. The van der Waals surface area contributed by atoms with Gasteiger partial charge in [-0.05, 0) is 74.8 Å². The van der Waals surface area contributed by atoms with E-state index in [1.54, 1.807) is 26.0 Å². The molecule has 0 saturated carbocycles. The standard InChI is InChI=1S/C20H23NO3S/c1-13-9-10-15-6-4-7-16-12-21(19(13)18(15)16)25(23,24)20(3)11-5-8-17(22)14(20)2/h5,8-10,12,22H,4,6-7,11H2,1-3H3. The van der Waals surface area contributed by atoms with Crippen molar-refractivity contribution < 1.29 is 13.5 Å². The van der Waals surface area contributed by atoms with E-state index in [1.807, 2.05) is 19.2 Å². The highest BCUT2D eigenvalue weighted by atomic mass is 32.2. The molecule has 1 unspecified atom stereocenters. The minimum atomic E-state index is -3.72. The van der Waals surface area contributed by atoms with Crippen LogP contribution in [0.4, 0.5) is 0 Å². The van der Waals surface area contributed by atoms with E-state index in [-0.39, 0.29) is 5.76 Å². The summed E-state index contributed by atoms with van der Waals surface area (Å²) in [6.07, 6.45) is 8.45. The topological polar surface area (TPSA) is 59.3 Å². The fourth-order valence-corrected chi connectivity index (χ4v) is 6.14. The molecule has 25 heavy (non-hydrogen) atoms. The summed E-state index contributed by atoms with van der Waals surface area (Å²) in [5.74, 6) is 0.0516. The molecule has 5 heteroatoms. The first-order valence-corrected chi connectivity index (χ1v) is 10.2. The summed E-state index contributed by atoms with van der Waals surface area (Å²) in [6, 6.07) is 4.14. The molecule has 1 atom stereocenters. The van der Waals surface area contributed by atoms with Gasteiger partial charge in [0.1, 0.15) is 10.5 Å². The van der Waals surface area contributed by atoms with Crippen LogP contribution in [0.5, 0.6) is 0 Å². The molecule has 0 amide bonds. The molecule has 2 aliphatic rings. The van der Waals surface area contributed by atoms with E-state index in [9.17, 15) is 13.5 Å². The largest absolute Gasteiger partial charge is 0.508 e. The van der Waals surface area contributed by atoms with Crippen molar-refractivity contribution in [2.45, 2.75) is 51.2 Å². The molecule has 2 aromatic rings. The van der Waals surface area contributed by atoms with Gasteiger partial charge in [0.2, 0.25) is 10.0 Å². The average molecular weight is 357 g/mol. The van der Waals surface area contributed by atoms with Crippen molar-refractivity contribution in [1.82, 2.24) is 3.97 Å². The predicted molar refractivity (Wildman–Crippen MR) is 101 cm³/mol. The molecule has 1 heterocycles. The molecule has 0 saturated heterocycles. The second-order valence-corrected chi connectivity index (χ2v) is 9.67. The van der Waals surface area contributed by atoms with Crippen LogP contribution < -0.4 is 0 Å². The van der Waals surface area contributed by atoms with E-state index in [2.05, 4.69) is 6.07 Å². The first kappa shape index (κ1) is 16.5. The van der Waals surface area contributed by atoms with Crippen LogP contribution in [-0.2, 0) is 22.9 Å². The van der Waals surface area contributed by atoms with Gasteiger partial charge in [-0.1, -0.05) is 18.2 Å². The summed E-state index contributed by atoms with van der Waals surface area (Å²) in [5, 5.41) is 11.2. The molecule has 0 radical (unpaired) electrons. The number of hydrogen-bond acceptors (Lipinski definition) is 3. The van der Waals surface area contributed by atoms with Crippen LogP contribution in [0, 0.1) is 6.92 Å². The average Bonchev–Trinajstić information content (AvgIpc) is 2.98. The van der Waals surface area contributed by atoms with E-state index in [1.165, 1.54) is 9.54 Å². The number of benzene rings is 1. The van der Waals surface area contributed by atoms with Crippen LogP contribution in [0.15, 0.2) is 41.8 Å². The fraction of sp³-hybridized carbons (Fsp3) is 0.400. The van der Waals surface area contributed by atoms with Crippen molar-refractivity contribution >= 4 is 20.9 Å². The highest BCUT2D eigenvalue weighted by Crippen LogP contribution is 2.41. The Balaban J connectivity index is 2.03. The predicted octanol–water partition coefficient (Wildman–Crippen LogP) is 4.17. The first-order chi connectivity index (χ1) is 11.8. The van der Waals surface area contributed by atoms with Crippen LogP contribution >= 0.6 is 0 Å². The van der Waals surface area contributed by atoms with Crippen molar-refractivity contribution in [1.29, 1.82) is 0 Å². The molecule has 0 spiro atoms. The lowest BCUT2D eigenvalue weighted by Gasteiger charge is -2.32. The molecule has 0 fully saturated rings. The minimum Gasteiger partial charge on any atom is -0.508 e. The molecule has 1 aromatic heterocycles. The Hall–Kier alpha value is -2.01. The lowest BCUT2D eigenvalue weighted by Crippen LogP contribution is -2.41. The van der Waals surface area contributed by atoms with E-state index in [0.29, 0.717) is 12.0 Å². The number of aromatic nitrogens is 1. The number of hydrogen-bond donors (Lipinski definition) is 1. The highest BCUT2D eigenvalue weighted by Gasteiger charge is 2.45. The maximum absolute atomic E-state index is 13.7. The van der Waals surface area contributed by atoms with Gasteiger partial charge >= 0.3 is 0 Å². The van der Waals surface area contributed by atoms with Gasteiger partial charge in [-0.2, -0.15) is 0 Å². The van der Waals surface area contributed by atoms with E-state index in [4.69, 9.17) is 0 Å². The third-order valence-corrected chi connectivity index (χ3v) is 8.38. The summed E-state index contributed by atoms with van der Waals surface area (Å²) >= 11 is 0. The second kappa shape index (κ2) is 5.24. The van der Waals surface area contributed by atoms with Gasteiger partial charge in [0.15, 0.2) is 0 Å². The van der Waals surface area contributed by atoms with E-state index in [0.717, 1.165) is 41.3 Å². The zero-order valence-corrected chi connectivity index (χ0v) is 15.7. The number of allylic oxidation sites excluding steroid dienone is 2. The summed E-state index contributed by atoms with van der Waals surface area (Å²) in [6.45, 7) is 5.38. The molecule has 132 valence electrons. The van der Waals surface area contributed by atoms with Crippen LogP contribution in [-0.4, -0.2) is 22.2 Å². The van der Waals surface area contributed by atoms with Crippen molar-refractivity contribution in [3.8, 4) is 0 Å². The Kier molecular flexibility index (Phi) is 3.45. The summed E-state index contributed by atoms with van der Waals surface area (Å²) < 4.78 is 27.7. The van der Waals surface area contributed by atoms with E-state index >= 15 is 0 Å². The zero-order chi connectivity index (χ0) is 18.0. The van der Waals surface area contributed by atoms with Crippen LogP contribution in [0.25, 0.3) is 10.9 Å². The van der Waals surface area contributed by atoms with Gasteiger partial charge in [0.25, 0.3) is 0 Å². The summed E-state index contributed by atoms with van der Waals surface area (Å²) in [5.41, 5.74) is 4.62. The molecule has 0 bridgehead atoms. The molecule has 1 aromatic carbocycles. The van der Waals surface area contributed by atoms with Crippen LogP contribution in [0.1, 0.15) is 43.4 Å². The number of rotatable bonds is 2. The first-order valence-electron chi connectivity index (χ1n) is 8.72. The number of aliphatic hydroxyl groups excluding tert-OH is 1.